The highest BCUT2D eigenvalue weighted by atomic mass is 19.1. The predicted molar refractivity (Wildman–Crippen MR) is 117 cm³/mol. The molecule has 0 fully saturated rings. The van der Waals surface area contributed by atoms with Crippen LogP contribution in [0.2, 0.25) is 0 Å². The predicted octanol–water partition coefficient (Wildman–Crippen LogP) is 4.78. The molecule has 0 radical (unpaired) electrons. The van der Waals surface area contributed by atoms with Crippen LogP contribution in [0.1, 0.15) is 48.7 Å². The number of methoxy groups -OCH3 is 1. The van der Waals surface area contributed by atoms with Gasteiger partial charge in [-0.3, -0.25) is 0 Å². The Labute approximate surface area is 186 Å². The number of pyridine rings is 2. The van der Waals surface area contributed by atoms with Crippen molar-refractivity contribution in [3.63, 3.8) is 0 Å². The molecule has 3 heterocycles. The SMILES string of the molecule is CCC1c2cc(F)cc(F)c2-c2cccc[n+]2C1(C=C[n+]1ccccc1C(=O)OC)CC. The van der Waals surface area contributed by atoms with Gasteiger partial charge in [-0.1, -0.05) is 13.8 Å². The van der Waals surface area contributed by atoms with E-state index in [1.54, 1.807) is 22.9 Å². The topological polar surface area (TPSA) is 34.1 Å². The number of aromatic nitrogens is 2. The van der Waals surface area contributed by atoms with Crippen LogP contribution in [-0.2, 0) is 10.3 Å². The van der Waals surface area contributed by atoms with Gasteiger partial charge in [-0.25, -0.2) is 13.6 Å². The number of ether oxygens (including phenoxy) is 1. The minimum absolute atomic E-state index is 0.172. The Hall–Kier alpha value is -3.41. The molecule has 4 nitrogen and oxygen atoms in total. The number of rotatable bonds is 5. The maximum Gasteiger partial charge on any atom is 0.403 e. The number of nitrogens with zero attached hydrogens (tertiary/aromatic N) is 2. The molecule has 6 heteroatoms. The fraction of sp³-hybridized carbons (Fsp3) is 0.269. The summed E-state index contributed by atoms with van der Waals surface area (Å²) < 4.78 is 38.0. The minimum Gasteiger partial charge on any atom is -0.461 e. The number of carbonyl (C=O) groups excluding carboxylic acids is 1. The molecule has 3 aromatic rings. The molecule has 0 saturated carbocycles. The van der Waals surface area contributed by atoms with Crippen molar-refractivity contribution >= 4 is 12.2 Å². The zero-order valence-electron chi connectivity index (χ0n) is 18.4. The van der Waals surface area contributed by atoms with E-state index in [9.17, 15) is 13.6 Å². The standard InChI is InChI=1S/C26H26F2N2O2/c1-4-20-19-16-18(27)17-21(28)24(19)22-10-7-9-14-30(22)26(20,5-2)12-15-29-13-8-6-11-23(29)25(31)32-3/h6-17,20H,4-5H2,1-3H3/q+2. The molecule has 1 aliphatic heterocycles. The van der Waals surface area contributed by atoms with Gasteiger partial charge in [-0.05, 0) is 30.2 Å². The van der Waals surface area contributed by atoms with Gasteiger partial charge in [-0.2, -0.15) is 9.13 Å². The first-order chi connectivity index (χ1) is 15.5. The van der Waals surface area contributed by atoms with Gasteiger partial charge in [-0.15, -0.1) is 0 Å². The Morgan fingerprint density at radius 2 is 1.88 bits per heavy atom. The second-order valence-corrected chi connectivity index (χ2v) is 7.91. The summed E-state index contributed by atoms with van der Waals surface area (Å²) in [6.45, 7) is 4.09. The van der Waals surface area contributed by atoms with Crippen molar-refractivity contribution in [2.75, 3.05) is 7.11 Å². The van der Waals surface area contributed by atoms with Gasteiger partial charge in [0.05, 0.1) is 24.7 Å². The number of benzene rings is 1. The monoisotopic (exact) mass is 436 g/mol. The summed E-state index contributed by atoms with van der Waals surface area (Å²) in [7, 11) is 1.34. The van der Waals surface area contributed by atoms with E-state index in [1.165, 1.54) is 13.2 Å². The second-order valence-electron chi connectivity index (χ2n) is 7.91. The summed E-state index contributed by atoms with van der Waals surface area (Å²) in [6, 6.07) is 13.3. The van der Waals surface area contributed by atoms with Crippen LogP contribution in [0.4, 0.5) is 8.78 Å². The molecule has 0 amide bonds. The normalized spacial score (nSPS) is 19.5. The van der Waals surface area contributed by atoms with E-state index >= 15 is 0 Å². The van der Waals surface area contributed by atoms with Crippen molar-refractivity contribution in [3.8, 4) is 11.3 Å². The molecule has 2 atom stereocenters. The third kappa shape index (κ3) is 3.40. The number of hydrogen-bond acceptors (Lipinski definition) is 2. The van der Waals surface area contributed by atoms with E-state index in [1.807, 2.05) is 49.7 Å². The molecule has 0 N–H and O–H groups in total. The van der Waals surface area contributed by atoms with Crippen LogP contribution in [0.25, 0.3) is 17.5 Å². The first kappa shape index (κ1) is 21.8. The van der Waals surface area contributed by atoms with Gasteiger partial charge in [0.1, 0.15) is 11.6 Å². The number of carbonyl (C=O) groups is 1. The molecule has 0 bridgehead atoms. The summed E-state index contributed by atoms with van der Waals surface area (Å²) in [4.78, 5) is 12.2. The van der Waals surface area contributed by atoms with Crippen molar-refractivity contribution in [1.82, 2.24) is 0 Å². The zero-order valence-corrected chi connectivity index (χ0v) is 18.4. The van der Waals surface area contributed by atoms with Gasteiger partial charge < -0.3 is 4.74 Å². The highest BCUT2D eigenvalue weighted by Gasteiger charge is 2.51. The molecule has 4 rings (SSSR count). The first-order valence-corrected chi connectivity index (χ1v) is 10.7. The molecule has 1 aromatic carbocycles. The van der Waals surface area contributed by atoms with Crippen LogP contribution < -0.4 is 9.13 Å². The maximum absolute atomic E-state index is 15.0. The van der Waals surface area contributed by atoms with Crippen molar-refractivity contribution in [2.45, 2.75) is 38.1 Å². The fourth-order valence-corrected chi connectivity index (χ4v) is 4.96. The fourth-order valence-electron chi connectivity index (χ4n) is 4.96. The minimum atomic E-state index is -0.588. The Morgan fingerprint density at radius 3 is 2.59 bits per heavy atom. The molecule has 0 aliphatic carbocycles. The van der Waals surface area contributed by atoms with Crippen LogP contribution in [-0.4, -0.2) is 13.1 Å². The Balaban J connectivity index is 1.96. The van der Waals surface area contributed by atoms with Gasteiger partial charge in [0.2, 0.25) is 5.69 Å². The third-order valence-corrected chi connectivity index (χ3v) is 6.41. The summed E-state index contributed by atoms with van der Waals surface area (Å²) in [5.74, 6) is -1.75. The van der Waals surface area contributed by atoms with E-state index in [0.29, 0.717) is 35.4 Å². The lowest BCUT2D eigenvalue weighted by Gasteiger charge is -2.37. The Kier molecular flexibility index (Phi) is 5.87. The molecule has 2 aromatic heterocycles. The van der Waals surface area contributed by atoms with E-state index in [0.717, 1.165) is 6.07 Å². The summed E-state index contributed by atoms with van der Waals surface area (Å²) in [5, 5.41) is 0. The zero-order chi connectivity index (χ0) is 22.9. The van der Waals surface area contributed by atoms with Crippen LogP contribution in [0.5, 0.6) is 0 Å². The van der Waals surface area contributed by atoms with Crippen molar-refractivity contribution in [2.24, 2.45) is 0 Å². The summed E-state index contributed by atoms with van der Waals surface area (Å²) >= 11 is 0. The third-order valence-electron chi connectivity index (χ3n) is 6.41. The largest absolute Gasteiger partial charge is 0.461 e. The number of esters is 1. The quantitative estimate of drug-likeness (QED) is 0.426. The number of fused-ring (bicyclic) bond motifs is 3. The number of halogens is 2. The molecular formula is C26H26F2N2O2+2. The van der Waals surface area contributed by atoms with Gasteiger partial charge in [0.15, 0.2) is 24.1 Å². The molecule has 0 saturated heterocycles. The van der Waals surface area contributed by atoms with E-state index < -0.39 is 23.1 Å². The van der Waals surface area contributed by atoms with Crippen molar-refractivity contribution in [1.29, 1.82) is 0 Å². The van der Waals surface area contributed by atoms with Crippen LogP contribution in [0, 0.1) is 11.6 Å². The van der Waals surface area contributed by atoms with Gasteiger partial charge in [0.25, 0.3) is 5.69 Å². The van der Waals surface area contributed by atoms with Crippen molar-refractivity contribution in [3.05, 3.63) is 89.9 Å². The summed E-state index contributed by atoms with van der Waals surface area (Å²) in [6.07, 6.45) is 8.95. The lowest BCUT2D eigenvalue weighted by molar-refractivity contribution is -0.750. The van der Waals surface area contributed by atoms with Crippen molar-refractivity contribution < 1.29 is 27.4 Å². The van der Waals surface area contributed by atoms with Crippen LogP contribution in [0.3, 0.4) is 0 Å². The highest BCUT2D eigenvalue weighted by Crippen LogP contribution is 2.46. The first-order valence-electron chi connectivity index (χ1n) is 10.7. The van der Waals surface area contributed by atoms with E-state index in [4.69, 9.17) is 4.74 Å². The van der Waals surface area contributed by atoms with Crippen LogP contribution >= 0.6 is 0 Å². The van der Waals surface area contributed by atoms with Gasteiger partial charge >= 0.3 is 5.97 Å². The Morgan fingerprint density at radius 1 is 1.12 bits per heavy atom. The molecule has 0 spiro atoms. The molecule has 2 unspecified atom stereocenters. The lowest BCUT2D eigenvalue weighted by Crippen LogP contribution is -2.61. The molecule has 32 heavy (non-hydrogen) atoms. The maximum atomic E-state index is 15.0. The molecule has 164 valence electrons. The highest BCUT2D eigenvalue weighted by molar-refractivity contribution is 5.85. The van der Waals surface area contributed by atoms with Gasteiger partial charge in [0, 0.05) is 36.8 Å². The van der Waals surface area contributed by atoms with E-state index in [-0.39, 0.29) is 5.92 Å². The number of hydrogen-bond donors (Lipinski definition) is 0. The molecular weight excluding hydrogens is 410 g/mol. The second kappa shape index (κ2) is 8.61. The van der Waals surface area contributed by atoms with E-state index in [2.05, 4.69) is 11.5 Å². The average molecular weight is 437 g/mol. The Bertz CT molecular complexity index is 1210. The smallest absolute Gasteiger partial charge is 0.403 e. The average Bonchev–Trinajstić information content (AvgIpc) is 2.81. The summed E-state index contributed by atoms with van der Waals surface area (Å²) in [5.41, 5.74) is 1.60. The molecule has 1 aliphatic rings. The number of allylic oxidation sites excluding steroid dienone is 1. The lowest BCUT2D eigenvalue weighted by atomic mass is 9.70. The van der Waals surface area contributed by atoms with Crippen LogP contribution in [0.15, 0.2) is 67.0 Å².